The normalized spacial score (nSPS) is 19.3. The number of unbranched alkanes of at least 4 members (excludes halogenated alkanes) is 1. The molecule has 0 spiro atoms. The lowest BCUT2D eigenvalue weighted by Crippen LogP contribution is -2.36. The van der Waals surface area contributed by atoms with Gasteiger partial charge in [0.2, 0.25) is 0 Å². The highest BCUT2D eigenvalue weighted by atomic mass is 35.5. The van der Waals surface area contributed by atoms with Crippen LogP contribution < -0.4 is 0 Å². The highest BCUT2D eigenvalue weighted by molar-refractivity contribution is 7.87. The quantitative estimate of drug-likeness (QED) is 0.653. The third-order valence-corrected chi connectivity index (χ3v) is 3.87. The summed E-state index contributed by atoms with van der Waals surface area (Å²) in [5.74, 6) is -0.0131. The summed E-state index contributed by atoms with van der Waals surface area (Å²) in [6.45, 7) is 4.30. The van der Waals surface area contributed by atoms with E-state index in [1.807, 2.05) is 0 Å². The zero-order chi connectivity index (χ0) is 11.1. The molecule has 0 saturated carbocycles. The van der Waals surface area contributed by atoms with E-state index in [-0.39, 0.29) is 5.75 Å². The number of ether oxygens (including phenoxy) is 1. The highest BCUT2D eigenvalue weighted by Crippen LogP contribution is 2.04. The van der Waals surface area contributed by atoms with Crippen LogP contribution in [0, 0.1) is 0 Å². The SMILES string of the molecule is O=S(=O)(CCCCN1CCOCC1)OCl. The number of halogens is 1. The number of hydrogen-bond acceptors (Lipinski definition) is 5. The molecule has 90 valence electrons. The molecule has 0 aromatic carbocycles. The molecule has 7 heteroatoms. The van der Waals surface area contributed by atoms with Crippen LogP contribution in [0.5, 0.6) is 0 Å². The van der Waals surface area contributed by atoms with Crippen molar-refractivity contribution in [3.05, 3.63) is 0 Å². The van der Waals surface area contributed by atoms with Crippen LogP contribution >= 0.6 is 11.9 Å². The van der Waals surface area contributed by atoms with Gasteiger partial charge in [0.1, 0.15) is 0 Å². The molecule has 0 atom stereocenters. The minimum Gasteiger partial charge on any atom is -0.379 e. The Labute approximate surface area is 95.6 Å². The fourth-order valence-electron chi connectivity index (χ4n) is 1.47. The van der Waals surface area contributed by atoms with Crippen molar-refractivity contribution < 1.29 is 16.9 Å². The standard InChI is InChI=1S/C8H16ClNO4S/c9-14-15(11,12)8-2-1-3-10-4-6-13-7-5-10/h1-8H2. The van der Waals surface area contributed by atoms with Crippen LogP contribution in [0.15, 0.2) is 0 Å². The predicted molar refractivity (Wildman–Crippen MR) is 57.2 cm³/mol. The van der Waals surface area contributed by atoms with E-state index in [2.05, 4.69) is 8.64 Å². The summed E-state index contributed by atoms with van der Waals surface area (Å²) >= 11 is 4.81. The zero-order valence-electron chi connectivity index (χ0n) is 8.52. The first-order valence-corrected chi connectivity index (χ1v) is 6.85. The smallest absolute Gasteiger partial charge is 0.283 e. The molecule has 15 heavy (non-hydrogen) atoms. The fourth-order valence-corrected chi connectivity index (χ4v) is 2.28. The molecule has 5 nitrogen and oxygen atoms in total. The number of hydrogen-bond donors (Lipinski definition) is 0. The molecule has 1 saturated heterocycles. The molecular weight excluding hydrogens is 242 g/mol. The van der Waals surface area contributed by atoms with Gasteiger partial charge in [-0.25, -0.2) is 0 Å². The molecule has 1 heterocycles. The minimum absolute atomic E-state index is 0.0131. The zero-order valence-corrected chi connectivity index (χ0v) is 10.1. The third-order valence-electron chi connectivity index (χ3n) is 2.32. The summed E-state index contributed by atoms with van der Waals surface area (Å²) in [6, 6.07) is 0. The summed E-state index contributed by atoms with van der Waals surface area (Å²) < 4.78 is 30.8. The van der Waals surface area contributed by atoms with E-state index in [0.29, 0.717) is 6.42 Å². The first-order valence-electron chi connectivity index (χ1n) is 4.97. The maximum Gasteiger partial charge on any atom is 0.283 e. The molecule has 0 aromatic rings. The summed E-state index contributed by atoms with van der Waals surface area (Å²) in [5, 5.41) is 0. The van der Waals surface area contributed by atoms with E-state index in [9.17, 15) is 8.42 Å². The van der Waals surface area contributed by atoms with E-state index in [1.165, 1.54) is 0 Å². The molecule has 0 aliphatic carbocycles. The Balaban J connectivity index is 2.06. The largest absolute Gasteiger partial charge is 0.379 e. The van der Waals surface area contributed by atoms with E-state index in [1.54, 1.807) is 0 Å². The van der Waals surface area contributed by atoms with Crippen LogP contribution in [0.3, 0.4) is 0 Å². The van der Waals surface area contributed by atoms with E-state index in [4.69, 9.17) is 16.6 Å². The number of morpholine rings is 1. The summed E-state index contributed by atoms with van der Waals surface area (Å²) in [6.07, 6.45) is 1.41. The van der Waals surface area contributed by atoms with Crippen molar-refractivity contribution in [3.8, 4) is 0 Å². The molecule has 0 aromatic heterocycles. The van der Waals surface area contributed by atoms with Crippen molar-refractivity contribution in [2.45, 2.75) is 12.8 Å². The molecular formula is C8H16ClNO4S. The van der Waals surface area contributed by atoms with Crippen LogP contribution in [0.1, 0.15) is 12.8 Å². The van der Waals surface area contributed by atoms with Crippen molar-refractivity contribution in [1.82, 2.24) is 4.90 Å². The van der Waals surface area contributed by atoms with Crippen molar-refractivity contribution in [3.63, 3.8) is 0 Å². The molecule has 1 rings (SSSR count). The predicted octanol–water partition coefficient (Wildman–Crippen LogP) is 0.599. The van der Waals surface area contributed by atoms with Gasteiger partial charge in [0.25, 0.3) is 10.1 Å². The number of rotatable bonds is 6. The Morgan fingerprint density at radius 2 is 1.93 bits per heavy atom. The number of nitrogens with zero attached hydrogens (tertiary/aromatic N) is 1. The van der Waals surface area contributed by atoms with Gasteiger partial charge in [0, 0.05) is 13.1 Å². The average Bonchev–Trinajstić information content (AvgIpc) is 2.26. The Hall–Kier alpha value is 0.120. The summed E-state index contributed by atoms with van der Waals surface area (Å²) in [5.41, 5.74) is 0. The minimum atomic E-state index is -3.50. The second kappa shape index (κ2) is 6.65. The molecule has 1 aliphatic heterocycles. The van der Waals surface area contributed by atoms with Gasteiger partial charge >= 0.3 is 0 Å². The Morgan fingerprint density at radius 3 is 2.53 bits per heavy atom. The van der Waals surface area contributed by atoms with E-state index < -0.39 is 10.1 Å². The Kier molecular flexibility index (Phi) is 5.84. The van der Waals surface area contributed by atoms with Crippen LogP contribution in [-0.2, 0) is 18.6 Å². The second-order valence-electron chi connectivity index (χ2n) is 3.49. The Morgan fingerprint density at radius 1 is 1.27 bits per heavy atom. The van der Waals surface area contributed by atoms with Crippen molar-refractivity contribution >= 4 is 22.0 Å². The van der Waals surface area contributed by atoms with Crippen LogP contribution in [0.25, 0.3) is 0 Å². The average molecular weight is 258 g/mol. The Bertz CT molecular complexity index is 264. The maximum absolute atomic E-state index is 10.9. The van der Waals surface area contributed by atoms with Crippen LogP contribution in [-0.4, -0.2) is 51.9 Å². The fraction of sp³-hybridized carbons (Fsp3) is 1.00. The molecule has 0 bridgehead atoms. The topological polar surface area (TPSA) is 55.8 Å². The van der Waals surface area contributed by atoms with Crippen LogP contribution in [0.2, 0.25) is 0 Å². The second-order valence-corrected chi connectivity index (χ2v) is 5.51. The van der Waals surface area contributed by atoms with Crippen molar-refractivity contribution in [1.29, 1.82) is 0 Å². The molecule has 0 radical (unpaired) electrons. The van der Waals surface area contributed by atoms with Crippen molar-refractivity contribution in [2.24, 2.45) is 0 Å². The van der Waals surface area contributed by atoms with Gasteiger partial charge in [0.15, 0.2) is 0 Å². The van der Waals surface area contributed by atoms with Gasteiger partial charge in [-0.1, -0.05) is 0 Å². The highest BCUT2D eigenvalue weighted by Gasteiger charge is 2.12. The van der Waals surface area contributed by atoms with Gasteiger partial charge in [0.05, 0.1) is 30.8 Å². The molecule has 1 fully saturated rings. The summed E-state index contributed by atoms with van der Waals surface area (Å²) in [4.78, 5) is 2.26. The van der Waals surface area contributed by atoms with E-state index in [0.717, 1.165) is 39.3 Å². The van der Waals surface area contributed by atoms with E-state index >= 15 is 0 Å². The summed E-state index contributed by atoms with van der Waals surface area (Å²) in [7, 11) is -3.50. The third kappa shape index (κ3) is 5.67. The molecule has 0 N–H and O–H groups in total. The van der Waals surface area contributed by atoms with Crippen molar-refractivity contribution in [2.75, 3.05) is 38.6 Å². The first-order chi connectivity index (χ1) is 7.14. The maximum atomic E-state index is 10.9. The van der Waals surface area contributed by atoms with Gasteiger partial charge in [-0.15, -0.1) is 0 Å². The lowest BCUT2D eigenvalue weighted by molar-refractivity contribution is 0.0373. The monoisotopic (exact) mass is 257 g/mol. The van der Waals surface area contributed by atoms with Gasteiger partial charge in [-0.3, -0.25) is 4.90 Å². The lowest BCUT2D eigenvalue weighted by atomic mass is 10.3. The van der Waals surface area contributed by atoms with Gasteiger partial charge in [-0.05, 0) is 19.4 Å². The van der Waals surface area contributed by atoms with Gasteiger partial charge in [-0.2, -0.15) is 12.2 Å². The molecule has 0 amide bonds. The molecule has 1 aliphatic rings. The first kappa shape index (κ1) is 13.2. The van der Waals surface area contributed by atoms with Crippen LogP contribution in [0.4, 0.5) is 0 Å². The van der Waals surface area contributed by atoms with Gasteiger partial charge < -0.3 is 4.74 Å². The molecule has 0 unspecified atom stereocenters. The lowest BCUT2D eigenvalue weighted by Gasteiger charge is -2.26.